The highest BCUT2D eigenvalue weighted by Gasteiger charge is 2.16. The third-order valence-corrected chi connectivity index (χ3v) is 10.2. The fourth-order valence-corrected chi connectivity index (χ4v) is 6.98. The van der Waals surface area contributed by atoms with Gasteiger partial charge in [0.15, 0.2) is 0 Å². The van der Waals surface area contributed by atoms with Crippen LogP contribution in [0.4, 0.5) is 0 Å². The van der Waals surface area contributed by atoms with E-state index in [1.165, 1.54) is 218 Å². The Morgan fingerprint density at radius 2 is 0.477 bits per heavy atom. The molecule has 0 spiro atoms. The first kappa shape index (κ1) is 43.5. The second-order valence-electron chi connectivity index (χ2n) is 14.6. The molecule has 0 aliphatic heterocycles. The number of aliphatic carboxylic acids is 1. The summed E-state index contributed by atoms with van der Waals surface area (Å²) >= 11 is 0. The molecular formula is C42H84O2. The van der Waals surface area contributed by atoms with Crippen molar-refractivity contribution in [1.29, 1.82) is 0 Å². The molecule has 0 rings (SSSR count). The molecule has 0 fully saturated rings. The van der Waals surface area contributed by atoms with Crippen LogP contribution in [0.15, 0.2) is 0 Å². The maximum Gasteiger partial charge on any atom is 0.306 e. The van der Waals surface area contributed by atoms with Gasteiger partial charge in [0.25, 0.3) is 0 Å². The molecule has 44 heavy (non-hydrogen) atoms. The van der Waals surface area contributed by atoms with Crippen molar-refractivity contribution in [3.05, 3.63) is 0 Å². The zero-order valence-corrected chi connectivity index (χ0v) is 30.8. The number of hydrogen-bond acceptors (Lipinski definition) is 1. The van der Waals surface area contributed by atoms with Crippen LogP contribution in [-0.2, 0) is 4.79 Å². The summed E-state index contributed by atoms with van der Waals surface area (Å²) in [7, 11) is 0. The van der Waals surface area contributed by atoms with Crippen LogP contribution in [0, 0.1) is 5.92 Å². The Kier molecular flexibility index (Phi) is 38.2. The van der Waals surface area contributed by atoms with Gasteiger partial charge in [-0.05, 0) is 12.8 Å². The van der Waals surface area contributed by atoms with Crippen molar-refractivity contribution >= 4 is 5.97 Å². The Morgan fingerprint density at radius 3 is 0.636 bits per heavy atom. The molecule has 2 heteroatoms. The second kappa shape index (κ2) is 38.7. The fourth-order valence-electron chi connectivity index (χ4n) is 6.98. The van der Waals surface area contributed by atoms with Crippen LogP contribution < -0.4 is 0 Å². The molecule has 0 heterocycles. The molecule has 0 amide bonds. The maximum atomic E-state index is 11.7. The van der Waals surface area contributed by atoms with Crippen LogP contribution in [0.3, 0.4) is 0 Å². The van der Waals surface area contributed by atoms with Gasteiger partial charge in [0.2, 0.25) is 0 Å². The quantitative estimate of drug-likeness (QED) is 0.0694. The van der Waals surface area contributed by atoms with Crippen LogP contribution in [0.1, 0.15) is 258 Å². The highest BCUT2D eigenvalue weighted by molar-refractivity contribution is 5.69. The van der Waals surface area contributed by atoms with Crippen LogP contribution >= 0.6 is 0 Å². The third-order valence-electron chi connectivity index (χ3n) is 10.2. The minimum Gasteiger partial charge on any atom is -0.481 e. The number of carboxylic acid groups (broad SMARTS) is 1. The van der Waals surface area contributed by atoms with Crippen molar-refractivity contribution in [1.82, 2.24) is 0 Å². The summed E-state index contributed by atoms with van der Waals surface area (Å²) in [6, 6.07) is 0. The summed E-state index contributed by atoms with van der Waals surface area (Å²) in [5, 5.41) is 9.66. The Hall–Kier alpha value is -0.530. The summed E-state index contributed by atoms with van der Waals surface area (Å²) in [6.07, 6.45) is 51.7. The molecular weight excluding hydrogens is 536 g/mol. The van der Waals surface area contributed by atoms with E-state index in [2.05, 4.69) is 13.8 Å². The lowest BCUT2D eigenvalue weighted by atomic mass is 9.94. The van der Waals surface area contributed by atoms with Gasteiger partial charge in [-0.25, -0.2) is 0 Å². The smallest absolute Gasteiger partial charge is 0.306 e. The molecule has 1 N–H and O–H groups in total. The molecule has 2 nitrogen and oxygen atoms in total. The highest BCUT2D eigenvalue weighted by atomic mass is 16.4. The van der Waals surface area contributed by atoms with Crippen molar-refractivity contribution in [2.75, 3.05) is 0 Å². The van der Waals surface area contributed by atoms with Crippen molar-refractivity contribution in [3.8, 4) is 0 Å². The molecule has 0 aromatic carbocycles. The lowest BCUT2D eigenvalue weighted by Gasteiger charge is -2.12. The first-order chi connectivity index (χ1) is 21.7. The molecule has 0 bridgehead atoms. The zero-order chi connectivity index (χ0) is 32.0. The SMILES string of the molecule is CCCCCCCCCCCCCCCCCCCCC(CCCCCCCCCCCCCCCCCCCC)C(=O)O. The predicted octanol–water partition coefficient (Wildman–Crippen LogP) is 15.6. The predicted molar refractivity (Wildman–Crippen MR) is 198 cm³/mol. The molecule has 0 aliphatic rings. The Labute approximate surface area is 279 Å². The van der Waals surface area contributed by atoms with E-state index in [-0.39, 0.29) is 5.92 Å². The van der Waals surface area contributed by atoms with Crippen LogP contribution in [0.2, 0.25) is 0 Å². The van der Waals surface area contributed by atoms with Gasteiger partial charge in [-0.3, -0.25) is 4.79 Å². The summed E-state index contributed by atoms with van der Waals surface area (Å²) in [5.41, 5.74) is 0. The molecule has 264 valence electrons. The minimum absolute atomic E-state index is 0.0999. The summed E-state index contributed by atoms with van der Waals surface area (Å²) in [6.45, 7) is 4.59. The Morgan fingerprint density at radius 1 is 0.318 bits per heavy atom. The van der Waals surface area contributed by atoms with Gasteiger partial charge in [0.05, 0.1) is 5.92 Å². The van der Waals surface area contributed by atoms with E-state index in [0.717, 1.165) is 25.7 Å². The van der Waals surface area contributed by atoms with Crippen LogP contribution in [-0.4, -0.2) is 11.1 Å². The molecule has 0 unspecified atom stereocenters. The number of carbonyl (C=O) groups is 1. The van der Waals surface area contributed by atoms with Gasteiger partial charge >= 0.3 is 5.97 Å². The average molecular weight is 621 g/mol. The van der Waals surface area contributed by atoms with E-state index in [1.807, 2.05) is 0 Å². The standard InChI is InChI=1S/C42H84O2/c1-3-5-7-9-11-13-15-17-19-21-23-25-27-29-31-33-35-37-39-41(42(43)44)40-38-36-34-32-30-28-26-24-22-20-18-16-14-12-10-8-6-4-2/h41H,3-40H2,1-2H3,(H,43,44). The first-order valence-corrected chi connectivity index (χ1v) is 20.9. The van der Waals surface area contributed by atoms with E-state index < -0.39 is 5.97 Å². The van der Waals surface area contributed by atoms with Crippen molar-refractivity contribution in [2.45, 2.75) is 258 Å². The molecule has 0 saturated heterocycles. The molecule has 0 radical (unpaired) electrons. The average Bonchev–Trinajstić information content (AvgIpc) is 3.02. The molecule has 0 aromatic heterocycles. The number of hydrogen-bond donors (Lipinski definition) is 1. The summed E-state index contributed by atoms with van der Waals surface area (Å²) in [5.74, 6) is -0.652. The van der Waals surface area contributed by atoms with Crippen molar-refractivity contribution in [3.63, 3.8) is 0 Å². The van der Waals surface area contributed by atoms with Gasteiger partial charge < -0.3 is 5.11 Å². The van der Waals surface area contributed by atoms with Gasteiger partial charge in [0, 0.05) is 0 Å². The van der Waals surface area contributed by atoms with Crippen molar-refractivity contribution in [2.24, 2.45) is 5.92 Å². The monoisotopic (exact) mass is 621 g/mol. The number of unbranched alkanes of at least 4 members (excludes halogenated alkanes) is 34. The van der Waals surface area contributed by atoms with E-state index in [1.54, 1.807) is 0 Å². The fraction of sp³-hybridized carbons (Fsp3) is 0.976. The van der Waals surface area contributed by atoms with E-state index in [4.69, 9.17) is 0 Å². The van der Waals surface area contributed by atoms with Crippen LogP contribution in [0.5, 0.6) is 0 Å². The van der Waals surface area contributed by atoms with Crippen LogP contribution in [0.25, 0.3) is 0 Å². The lowest BCUT2D eigenvalue weighted by Crippen LogP contribution is -2.13. The maximum absolute atomic E-state index is 11.7. The molecule has 0 atom stereocenters. The number of carboxylic acids is 1. The molecule has 0 aliphatic carbocycles. The highest BCUT2D eigenvalue weighted by Crippen LogP contribution is 2.21. The van der Waals surface area contributed by atoms with Gasteiger partial charge in [-0.2, -0.15) is 0 Å². The normalized spacial score (nSPS) is 11.6. The number of rotatable bonds is 39. The molecule has 0 saturated carbocycles. The molecule has 0 aromatic rings. The van der Waals surface area contributed by atoms with E-state index in [0.29, 0.717) is 0 Å². The van der Waals surface area contributed by atoms with Crippen molar-refractivity contribution < 1.29 is 9.90 Å². The van der Waals surface area contributed by atoms with Gasteiger partial charge in [-0.15, -0.1) is 0 Å². The summed E-state index contributed by atoms with van der Waals surface area (Å²) in [4.78, 5) is 11.7. The first-order valence-electron chi connectivity index (χ1n) is 20.9. The lowest BCUT2D eigenvalue weighted by molar-refractivity contribution is -0.142. The largest absolute Gasteiger partial charge is 0.481 e. The Balaban J connectivity index is 3.35. The van der Waals surface area contributed by atoms with Gasteiger partial charge in [0.1, 0.15) is 0 Å². The van der Waals surface area contributed by atoms with E-state index >= 15 is 0 Å². The third kappa shape index (κ3) is 35.9. The second-order valence-corrected chi connectivity index (χ2v) is 14.6. The summed E-state index contributed by atoms with van der Waals surface area (Å²) < 4.78 is 0. The Bertz CT molecular complexity index is 490. The topological polar surface area (TPSA) is 37.3 Å². The van der Waals surface area contributed by atoms with Gasteiger partial charge in [-0.1, -0.05) is 245 Å². The van der Waals surface area contributed by atoms with E-state index in [9.17, 15) is 9.90 Å². The zero-order valence-electron chi connectivity index (χ0n) is 30.8. The minimum atomic E-state index is -0.552.